The standard InChI is InChI=1S/C29H35F2N3O2/c1-20-18-33(13-10-29(20)17-23-4-2-3-5-26(23)32-29)19-27(35)22-8-11-34(12-9-22)28(36)7-6-21-14-24(30)16-25(31)15-21/h2-7,14-16,20,22,27,32,35H,8-13,17-19H2,1H3/b7-6+. The smallest absolute Gasteiger partial charge is 0.246 e. The Morgan fingerprint density at radius 3 is 2.58 bits per heavy atom. The van der Waals surface area contributed by atoms with Crippen molar-refractivity contribution >= 4 is 17.7 Å². The van der Waals surface area contributed by atoms with E-state index in [1.54, 1.807) is 4.90 Å². The van der Waals surface area contributed by atoms with Crippen molar-refractivity contribution in [2.75, 3.05) is 38.0 Å². The van der Waals surface area contributed by atoms with Gasteiger partial charge in [0.1, 0.15) is 11.6 Å². The van der Waals surface area contributed by atoms with Crippen LogP contribution in [0, 0.1) is 23.5 Å². The predicted molar refractivity (Wildman–Crippen MR) is 137 cm³/mol. The molecule has 3 aliphatic rings. The number of anilines is 1. The number of carbonyl (C=O) groups excluding carboxylic acids is 1. The Balaban J connectivity index is 1.08. The van der Waals surface area contributed by atoms with E-state index in [1.807, 2.05) is 0 Å². The molecule has 0 aliphatic carbocycles. The normalized spacial score (nSPS) is 25.8. The van der Waals surface area contributed by atoms with Crippen molar-refractivity contribution in [3.05, 3.63) is 71.3 Å². The zero-order valence-corrected chi connectivity index (χ0v) is 20.8. The van der Waals surface area contributed by atoms with E-state index in [9.17, 15) is 18.7 Å². The van der Waals surface area contributed by atoms with Crippen molar-refractivity contribution in [1.82, 2.24) is 9.80 Å². The zero-order chi connectivity index (χ0) is 25.3. The number of para-hydroxylation sites is 1. The molecule has 0 aromatic heterocycles. The minimum atomic E-state index is -0.667. The van der Waals surface area contributed by atoms with E-state index in [-0.39, 0.29) is 17.4 Å². The number of aliphatic hydroxyl groups excluding tert-OH is 1. The fourth-order valence-corrected chi connectivity index (χ4v) is 6.18. The first kappa shape index (κ1) is 24.9. The van der Waals surface area contributed by atoms with E-state index in [2.05, 4.69) is 41.4 Å². The van der Waals surface area contributed by atoms with Crippen LogP contribution in [-0.2, 0) is 11.2 Å². The molecule has 3 aliphatic heterocycles. The van der Waals surface area contributed by atoms with Gasteiger partial charge in [-0.2, -0.15) is 0 Å². The van der Waals surface area contributed by atoms with Gasteiger partial charge < -0.3 is 20.2 Å². The molecule has 1 amide bonds. The predicted octanol–water partition coefficient (Wildman–Crippen LogP) is 4.33. The van der Waals surface area contributed by atoms with Gasteiger partial charge in [-0.15, -0.1) is 0 Å². The van der Waals surface area contributed by atoms with Crippen LogP contribution < -0.4 is 5.32 Å². The molecule has 1 spiro atoms. The van der Waals surface area contributed by atoms with Crippen LogP contribution in [0.3, 0.4) is 0 Å². The Kier molecular flexibility index (Phi) is 7.13. The number of benzene rings is 2. The van der Waals surface area contributed by atoms with Crippen LogP contribution in [-0.4, -0.2) is 65.2 Å². The molecule has 192 valence electrons. The maximum absolute atomic E-state index is 13.3. The lowest BCUT2D eigenvalue weighted by Gasteiger charge is -2.46. The molecule has 5 rings (SSSR count). The molecular weight excluding hydrogens is 460 g/mol. The van der Waals surface area contributed by atoms with Crippen LogP contribution in [0.5, 0.6) is 0 Å². The largest absolute Gasteiger partial charge is 0.392 e. The van der Waals surface area contributed by atoms with Gasteiger partial charge in [0.05, 0.1) is 6.10 Å². The minimum Gasteiger partial charge on any atom is -0.392 e. The summed E-state index contributed by atoms with van der Waals surface area (Å²) in [5, 5.41) is 14.8. The van der Waals surface area contributed by atoms with Crippen LogP contribution in [0.4, 0.5) is 14.5 Å². The third kappa shape index (κ3) is 5.32. The summed E-state index contributed by atoms with van der Waals surface area (Å²) >= 11 is 0. The molecule has 0 bridgehead atoms. The second-order valence-corrected chi connectivity index (χ2v) is 10.8. The highest BCUT2D eigenvalue weighted by Crippen LogP contribution is 2.41. The number of rotatable bonds is 5. The Labute approximate surface area is 211 Å². The van der Waals surface area contributed by atoms with E-state index in [0.717, 1.165) is 44.8 Å². The van der Waals surface area contributed by atoms with Crippen molar-refractivity contribution in [3.63, 3.8) is 0 Å². The van der Waals surface area contributed by atoms with E-state index in [0.29, 0.717) is 31.1 Å². The molecule has 3 atom stereocenters. The summed E-state index contributed by atoms with van der Waals surface area (Å²) in [7, 11) is 0. The number of nitrogens with one attached hydrogen (secondary N) is 1. The quantitative estimate of drug-likeness (QED) is 0.607. The van der Waals surface area contributed by atoms with Crippen molar-refractivity contribution in [2.24, 2.45) is 11.8 Å². The Bertz CT molecular complexity index is 1080. The summed E-state index contributed by atoms with van der Waals surface area (Å²) < 4.78 is 26.7. The van der Waals surface area contributed by atoms with Crippen molar-refractivity contribution in [3.8, 4) is 0 Å². The van der Waals surface area contributed by atoms with E-state index < -0.39 is 17.7 Å². The number of halogens is 2. The number of carbonyl (C=O) groups is 1. The Morgan fingerprint density at radius 1 is 1.17 bits per heavy atom. The molecule has 5 nitrogen and oxygen atoms in total. The first-order chi connectivity index (χ1) is 17.3. The fourth-order valence-electron chi connectivity index (χ4n) is 6.18. The highest BCUT2D eigenvalue weighted by atomic mass is 19.1. The molecule has 2 aromatic carbocycles. The number of likely N-dealkylation sites (tertiary alicyclic amines) is 2. The Morgan fingerprint density at radius 2 is 1.89 bits per heavy atom. The second kappa shape index (κ2) is 10.3. The van der Waals surface area contributed by atoms with Crippen LogP contribution >= 0.6 is 0 Å². The van der Waals surface area contributed by atoms with Gasteiger partial charge in [-0.3, -0.25) is 4.79 Å². The van der Waals surface area contributed by atoms with E-state index >= 15 is 0 Å². The number of hydrogen-bond donors (Lipinski definition) is 2. The Hall–Kier alpha value is -2.77. The molecular formula is C29H35F2N3O2. The van der Waals surface area contributed by atoms with Gasteiger partial charge in [0.2, 0.25) is 5.91 Å². The molecule has 3 unspecified atom stereocenters. The van der Waals surface area contributed by atoms with Crippen molar-refractivity contribution in [1.29, 1.82) is 0 Å². The van der Waals surface area contributed by atoms with Crippen molar-refractivity contribution in [2.45, 2.75) is 44.2 Å². The summed E-state index contributed by atoms with van der Waals surface area (Å²) in [6.45, 7) is 6.05. The summed E-state index contributed by atoms with van der Waals surface area (Å²) in [5.41, 5.74) is 3.09. The van der Waals surface area contributed by atoms with Crippen LogP contribution in [0.1, 0.15) is 37.3 Å². The fraction of sp³-hybridized carbons (Fsp3) is 0.483. The first-order valence-corrected chi connectivity index (χ1v) is 13.0. The average Bonchev–Trinajstić information content (AvgIpc) is 3.24. The lowest BCUT2D eigenvalue weighted by Crippen LogP contribution is -2.56. The zero-order valence-electron chi connectivity index (χ0n) is 20.8. The summed E-state index contributed by atoms with van der Waals surface area (Å²) in [6, 6.07) is 11.8. The van der Waals surface area contributed by atoms with E-state index in [4.69, 9.17) is 0 Å². The number of β-amino-alcohol motifs (C(OH)–C–C–N with tert-alkyl or cyclic N) is 1. The molecule has 3 heterocycles. The number of aliphatic hydroxyl groups is 1. The first-order valence-electron chi connectivity index (χ1n) is 13.0. The molecule has 2 aromatic rings. The SMILES string of the molecule is CC1CN(CC(O)C2CCN(C(=O)/C=C/c3cc(F)cc(F)c3)CC2)CCC12Cc1ccccc1N2. The van der Waals surface area contributed by atoms with Gasteiger partial charge in [-0.25, -0.2) is 8.78 Å². The second-order valence-electron chi connectivity index (χ2n) is 10.8. The maximum atomic E-state index is 13.3. The average molecular weight is 496 g/mol. The molecule has 2 fully saturated rings. The molecule has 2 saturated heterocycles. The molecule has 0 saturated carbocycles. The lowest BCUT2D eigenvalue weighted by molar-refractivity contribution is -0.128. The van der Waals surface area contributed by atoms with Crippen LogP contribution in [0.2, 0.25) is 0 Å². The van der Waals surface area contributed by atoms with Gasteiger partial charge in [-0.05, 0) is 72.9 Å². The number of hydrogen-bond acceptors (Lipinski definition) is 4. The molecule has 2 N–H and O–H groups in total. The third-order valence-corrected chi connectivity index (χ3v) is 8.40. The summed E-state index contributed by atoms with van der Waals surface area (Å²) in [4.78, 5) is 16.7. The highest BCUT2D eigenvalue weighted by Gasteiger charge is 2.44. The van der Waals surface area contributed by atoms with Gasteiger partial charge >= 0.3 is 0 Å². The van der Waals surface area contributed by atoms with E-state index in [1.165, 1.54) is 35.5 Å². The lowest BCUT2D eigenvalue weighted by atomic mass is 9.76. The summed E-state index contributed by atoms with van der Waals surface area (Å²) in [5.74, 6) is -0.869. The van der Waals surface area contributed by atoms with Gasteiger partial charge in [-0.1, -0.05) is 25.1 Å². The third-order valence-electron chi connectivity index (χ3n) is 8.40. The molecule has 7 heteroatoms. The van der Waals surface area contributed by atoms with Gasteiger partial charge in [0.15, 0.2) is 0 Å². The number of nitrogens with zero attached hydrogens (tertiary/aromatic N) is 2. The number of fused-ring (bicyclic) bond motifs is 1. The topological polar surface area (TPSA) is 55.8 Å². The highest BCUT2D eigenvalue weighted by molar-refractivity contribution is 5.91. The molecule has 36 heavy (non-hydrogen) atoms. The van der Waals surface area contributed by atoms with Crippen LogP contribution in [0.15, 0.2) is 48.5 Å². The van der Waals surface area contributed by atoms with Crippen molar-refractivity contribution < 1.29 is 18.7 Å². The number of amides is 1. The summed E-state index contributed by atoms with van der Waals surface area (Å²) in [6.07, 6.45) is 6.02. The van der Waals surface area contributed by atoms with Gasteiger partial charge in [0, 0.05) is 56.1 Å². The monoisotopic (exact) mass is 495 g/mol. The number of piperidine rings is 2. The van der Waals surface area contributed by atoms with Crippen LogP contribution in [0.25, 0.3) is 6.08 Å². The minimum absolute atomic E-state index is 0.113. The molecule has 0 radical (unpaired) electrons. The van der Waals surface area contributed by atoms with Gasteiger partial charge in [0.25, 0.3) is 0 Å². The maximum Gasteiger partial charge on any atom is 0.246 e.